The quantitative estimate of drug-likeness (QED) is 0.908. The molecular formula is C18H28N2O2. The van der Waals surface area contributed by atoms with Crippen molar-refractivity contribution >= 4 is 0 Å². The average molecular weight is 304 g/mol. The van der Waals surface area contributed by atoms with Gasteiger partial charge in [0, 0.05) is 11.6 Å². The maximum absolute atomic E-state index is 10.9. The Morgan fingerprint density at radius 2 is 1.82 bits per heavy atom. The number of likely N-dealkylation sites (N-methyl/N-ethyl adjacent to an activating group) is 1. The number of rotatable bonds is 2. The first-order valence-corrected chi connectivity index (χ1v) is 8.30. The number of nitrogens with zero attached hydrogens (tertiary/aromatic N) is 2. The van der Waals surface area contributed by atoms with Crippen molar-refractivity contribution in [1.29, 1.82) is 0 Å². The molecule has 2 atom stereocenters. The Bertz CT molecular complexity index is 538. The summed E-state index contributed by atoms with van der Waals surface area (Å²) in [6.45, 7) is 7.01. The van der Waals surface area contributed by atoms with Gasteiger partial charge in [0.2, 0.25) is 0 Å². The van der Waals surface area contributed by atoms with Crippen LogP contribution >= 0.6 is 0 Å². The second-order valence-electron chi connectivity index (χ2n) is 7.00. The first kappa shape index (κ1) is 15.8. The van der Waals surface area contributed by atoms with Crippen LogP contribution in [0.15, 0.2) is 12.1 Å². The number of hydrogen-bond acceptors (Lipinski definition) is 4. The zero-order valence-corrected chi connectivity index (χ0v) is 14.2. The van der Waals surface area contributed by atoms with Gasteiger partial charge >= 0.3 is 0 Å². The third kappa shape index (κ3) is 2.87. The van der Waals surface area contributed by atoms with Gasteiger partial charge in [0.05, 0.1) is 6.04 Å². The summed E-state index contributed by atoms with van der Waals surface area (Å²) in [7, 11) is 4.31. The standard InChI is InChI=1S/C18H28N2O2/c1-12-9-15-17(10-13(12)2)22-11-16(18(15)21)20(4)14-5-7-19(3)8-6-14/h9-10,14,16,18,21H,5-8,11H2,1-4H3. The van der Waals surface area contributed by atoms with Crippen molar-refractivity contribution in [3.63, 3.8) is 0 Å². The molecule has 2 aliphatic rings. The molecule has 0 saturated carbocycles. The summed E-state index contributed by atoms with van der Waals surface area (Å²) < 4.78 is 5.96. The van der Waals surface area contributed by atoms with E-state index in [-0.39, 0.29) is 6.04 Å². The van der Waals surface area contributed by atoms with Gasteiger partial charge in [-0.05, 0) is 77.1 Å². The Kier molecular flexibility index (Phi) is 4.44. The van der Waals surface area contributed by atoms with Crippen molar-refractivity contribution in [2.45, 2.75) is 44.9 Å². The van der Waals surface area contributed by atoms with Gasteiger partial charge in [-0.1, -0.05) is 0 Å². The van der Waals surface area contributed by atoms with Crippen LogP contribution in [0.5, 0.6) is 5.75 Å². The van der Waals surface area contributed by atoms with Crippen LogP contribution < -0.4 is 4.74 Å². The number of aryl methyl sites for hydroxylation is 2. The highest BCUT2D eigenvalue weighted by Crippen LogP contribution is 2.37. The van der Waals surface area contributed by atoms with Crippen LogP contribution in [0.1, 0.15) is 35.6 Å². The van der Waals surface area contributed by atoms with Crippen molar-refractivity contribution in [3.05, 3.63) is 28.8 Å². The van der Waals surface area contributed by atoms with Gasteiger partial charge in [0.25, 0.3) is 0 Å². The lowest BCUT2D eigenvalue weighted by atomic mass is 9.92. The number of aliphatic hydroxyl groups is 1. The maximum atomic E-state index is 10.9. The maximum Gasteiger partial charge on any atom is 0.125 e. The summed E-state index contributed by atoms with van der Waals surface area (Å²) in [5.41, 5.74) is 3.37. The minimum absolute atomic E-state index is 0.0445. The number of fused-ring (bicyclic) bond motifs is 1. The van der Waals surface area contributed by atoms with E-state index >= 15 is 0 Å². The van der Waals surface area contributed by atoms with E-state index in [0.29, 0.717) is 12.6 Å². The molecule has 3 rings (SSSR count). The minimum atomic E-state index is -0.465. The molecule has 0 aliphatic carbocycles. The number of likely N-dealkylation sites (tertiary alicyclic amines) is 1. The van der Waals surface area contributed by atoms with Crippen LogP contribution in [0.4, 0.5) is 0 Å². The van der Waals surface area contributed by atoms with Gasteiger partial charge in [0.1, 0.15) is 18.5 Å². The number of hydrogen-bond donors (Lipinski definition) is 1. The molecule has 122 valence electrons. The fourth-order valence-electron chi connectivity index (χ4n) is 3.66. The molecule has 0 amide bonds. The molecule has 1 saturated heterocycles. The molecular weight excluding hydrogens is 276 g/mol. The van der Waals surface area contributed by atoms with Crippen molar-refractivity contribution in [3.8, 4) is 5.75 Å². The predicted molar refractivity (Wildman–Crippen MR) is 88.4 cm³/mol. The fourth-order valence-corrected chi connectivity index (χ4v) is 3.66. The Balaban J connectivity index is 1.77. The first-order chi connectivity index (χ1) is 10.5. The second kappa shape index (κ2) is 6.19. The number of aliphatic hydroxyl groups excluding tert-OH is 1. The molecule has 1 aromatic rings. The van der Waals surface area contributed by atoms with Crippen LogP contribution in [0.25, 0.3) is 0 Å². The Labute approximate surface area is 133 Å². The molecule has 4 nitrogen and oxygen atoms in total. The van der Waals surface area contributed by atoms with Gasteiger partial charge in [0.15, 0.2) is 0 Å². The number of benzene rings is 1. The number of ether oxygens (including phenoxy) is 1. The van der Waals surface area contributed by atoms with Crippen molar-refractivity contribution < 1.29 is 9.84 Å². The Morgan fingerprint density at radius 1 is 1.18 bits per heavy atom. The smallest absolute Gasteiger partial charge is 0.125 e. The predicted octanol–water partition coefficient (Wildman–Crippen LogP) is 2.12. The van der Waals surface area contributed by atoms with Gasteiger partial charge in [-0.15, -0.1) is 0 Å². The highest BCUT2D eigenvalue weighted by atomic mass is 16.5. The highest BCUT2D eigenvalue weighted by molar-refractivity contribution is 5.44. The van der Waals surface area contributed by atoms with E-state index in [2.05, 4.69) is 49.9 Å². The summed E-state index contributed by atoms with van der Waals surface area (Å²) in [4.78, 5) is 4.72. The van der Waals surface area contributed by atoms with Crippen LogP contribution in [-0.4, -0.2) is 60.8 Å². The van der Waals surface area contributed by atoms with E-state index < -0.39 is 6.10 Å². The lowest BCUT2D eigenvalue weighted by Crippen LogP contribution is -2.51. The summed E-state index contributed by atoms with van der Waals surface area (Å²) in [5, 5.41) is 10.9. The first-order valence-electron chi connectivity index (χ1n) is 8.30. The van der Waals surface area contributed by atoms with Crippen molar-refractivity contribution in [2.75, 3.05) is 33.8 Å². The molecule has 22 heavy (non-hydrogen) atoms. The molecule has 4 heteroatoms. The lowest BCUT2D eigenvalue weighted by molar-refractivity contribution is -0.0144. The molecule has 0 bridgehead atoms. The summed E-state index contributed by atoms with van der Waals surface area (Å²) in [5.74, 6) is 0.851. The number of piperidine rings is 1. The molecule has 0 radical (unpaired) electrons. The van der Waals surface area contributed by atoms with Gasteiger partial charge in [-0.3, -0.25) is 4.90 Å². The zero-order chi connectivity index (χ0) is 15.9. The molecule has 1 fully saturated rings. The van der Waals surface area contributed by atoms with E-state index in [9.17, 15) is 5.11 Å². The molecule has 1 aromatic carbocycles. The molecule has 0 spiro atoms. The van der Waals surface area contributed by atoms with Gasteiger partial charge in [-0.25, -0.2) is 0 Å². The molecule has 1 N–H and O–H groups in total. The molecule has 2 aliphatic heterocycles. The Morgan fingerprint density at radius 3 is 2.50 bits per heavy atom. The molecule has 2 unspecified atom stereocenters. The van der Waals surface area contributed by atoms with E-state index in [1.807, 2.05) is 0 Å². The van der Waals surface area contributed by atoms with Gasteiger partial charge < -0.3 is 14.7 Å². The third-order valence-electron chi connectivity index (χ3n) is 5.51. The average Bonchev–Trinajstić information content (AvgIpc) is 2.50. The topological polar surface area (TPSA) is 35.9 Å². The van der Waals surface area contributed by atoms with E-state index in [1.54, 1.807) is 0 Å². The fraction of sp³-hybridized carbons (Fsp3) is 0.667. The SMILES string of the molecule is Cc1cc2c(cc1C)C(O)C(N(C)C1CCN(C)CC1)CO2. The van der Waals surface area contributed by atoms with Crippen LogP contribution in [0.2, 0.25) is 0 Å². The third-order valence-corrected chi connectivity index (χ3v) is 5.51. The van der Waals surface area contributed by atoms with Crippen molar-refractivity contribution in [1.82, 2.24) is 9.80 Å². The van der Waals surface area contributed by atoms with Crippen molar-refractivity contribution in [2.24, 2.45) is 0 Å². The van der Waals surface area contributed by atoms with E-state index in [0.717, 1.165) is 37.2 Å². The monoisotopic (exact) mass is 304 g/mol. The normalized spacial score (nSPS) is 26.8. The second-order valence-corrected chi connectivity index (χ2v) is 7.00. The molecule has 0 aromatic heterocycles. The Hall–Kier alpha value is -1.10. The van der Waals surface area contributed by atoms with E-state index in [4.69, 9.17) is 4.74 Å². The largest absolute Gasteiger partial charge is 0.491 e. The van der Waals surface area contributed by atoms with Crippen LogP contribution in [0.3, 0.4) is 0 Å². The minimum Gasteiger partial charge on any atom is -0.491 e. The highest BCUT2D eigenvalue weighted by Gasteiger charge is 2.36. The van der Waals surface area contributed by atoms with Crippen LogP contribution in [-0.2, 0) is 0 Å². The summed E-state index contributed by atoms with van der Waals surface area (Å²) in [6.07, 6.45) is 1.86. The van der Waals surface area contributed by atoms with Gasteiger partial charge in [-0.2, -0.15) is 0 Å². The molecule has 2 heterocycles. The summed E-state index contributed by atoms with van der Waals surface area (Å²) in [6, 6.07) is 4.72. The van der Waals surface area contributed by atoms with E-state index in [1.165, 1.54) is 11.1 Å². The van der Waals surface area contributed by atoms with Crippen LogP contribution in [0, 0.1) is 13.8 Å². The summed E-state index contributed by atoms with van der Waals surface area (Å²) >= 11 is 0. The zero-order valence-electron chi connectivity index (χ0n) is 14.2. The lowest BCUT2D eigenvalue weighted by Gasteiger charge is -2.43.